The lowest BCUT2D eigenvalue weighted by molar-refractivity contribution is -0.131. The number of carboxylic acid groups (broad SMARTS) is 1. The van der Waals surface area contributed by atoms with Gasteiger partial charge >= 0.3 is 12.0 Å². The maximum atomic E-state index is 11.6. The molecule has 0 bridgehead atoms. The average molecular weight is 249 g/mol. The van der Waals surface area contributed by atoms with Gasteiger partial charge in [-0.05, 0) is 12.1 Å². The third-order valence-corrected chi connectivity index (χ3v) is 1.95. The lowest BCUT2D eigenvalue weighted by Crippen LogP contribution is -2.40. The summed E-state index contributed by atoms with van der Waals surface area (Å²) in [4.78, 5) is 37.9. The molecule has 1 aromatic rings. The Kier molecular flexibility index (Phi) is 4.56. The van der Waals surface area contributed by atoms with Gasteiger partial charge in [0.2, 0.25) is 0 Å². The van der Waals surface area contributed by atoms with Gasteiger partial charge < -0.3 is 5.11 Å². The molecule has 7 heteroatoms. The zero-order valence-electron chi connectivity index (χ0n) is 9.53. The van der Waals surface area contributed by atoms with Crippen LogP contribution in [0.2, 0.25) is 0 Å². The van der Waals surface area contributed by atoms with E-state index in [1.165, 1.54) is 18.1 Å². The molecule has 0 atom stereocenters. The SMILES string of the molecule is CN(C(=O)NC(=O)C=CC(=O)O)c1cccnc1. The Hall–Kier alpha value is -2.70. The molecule has 0 saturated carbocycles. The number of nitrogens with zero attached hydrogens (tertiary/aromatic N) is 2. The number of carboxylic acids is 1. The van der Waals surface area contributed by atoms with Gasteiger partial charge in [-0.15, -0.1) is 0 Å². The first-order valence-electron chi connectivity index (χ1n) is 4.90. The topological polar surface area (TPSA) is 99.6 Å². The molecule has 1 aromatic heterocycles. The lowest BCUT2D eigenvalue weighted by Gasteiger charge is -2.16. The number of aromatic nitrogens is 1. The van der Waals surface area contributed by atoms with Crippen molar-refractivity contribution in [3.8, 4) is 0 Å². The number of carbonyl (C=O) groups excluding carboxylic acids is 2. The molecular formula is C11H11N3O4. The summed E-state index contributed by atoms with van der Waals surface area (Å²) in [6.07, 6.45) is 4.41. The van der Waals surface area contributed by atoms with Gasteiger partial charge in [0, 0.05) is 25.4 Å². The molecule has 0 radical (unpaired) electrons. The number of hydrogen-bond acceptors (Lipinski definition) is 4. The number of imide groups is 1. The van der Waals surface area contributed by atoms with Crippen LogP contribution in [0.3, 0.4) is 0 Å². The highest BCUT2D eigenvalue weighted by atomic mass is 16.4. The van der Waals surface area contributed by atoms with Crippen molar-refractivity contribution >= 4 is 23.6 Å². The van der Waals surface area contributed by atoms with Crippen molar-refractivity contribution in [3.63, 3.8) is 0 Å². The molecule has 0 unspecified atom stereocenters. The van der Waals surface area contributed by atoms with Crippen LogP contribution in [0.1, 0.15) is 0 Å². The monoisotopic (exact) mass is 249 g/mol. The van der Waals surface area contributed by atoms with E-state index in [2.05, 4.69) is 4.98 Å². The summed E-state index contributed by atoms with van der Waals surface area (Å²) >= 11 is 0. The van der Waals surface area contributed by atoms with Crippen molar-refractivity contribution in [1.29, 1.82) is 0 Å². The number of pyridine rings is 1. The van der Waals surface area contributed by atoms with Crippen LogP contribution in [0.4, 0.5) is 10.5 Å². The number of carbonyl (C=O) groups is 3. The minimum atomic E-state index is -1.27. The Bertz CT molecular complexity index is 484. The number of amides is 3. The minimum Gasteiger partial charge on any atom is -0.478 e. The van der Waals surface area contributed by atoms with Crippen LogP contribution >= 0.6 is 0 Å². The fraction of sp³-hybridized carbons (Fsp3) is 0.0909. The summed E-state index contributed by atoms with van der Waals surface area (Å²) in [5.74, 6) is -2.07. The molecule has 2 N–H and O–H groups in total. The van der Waals surface area contributed by atoms with Crippen molar-refractivity contribution in [2.75, 3.05) is 11.9 Å². The highest BCUT2D eigenvalue weighted by molar-refractivity contribution is 6.07. The van der Waals surface area contributed by atoms with Crippen LogP contribution in [0.5, 0.6) is 0 Å². The Morgan fingerprint density at radius 1 is 1.39 bits per heavy atom. The van der Waals surface area contributed by atoms with Gasteiger partial charge in [-0.3, -0.25) is 20.0 Å². The maximum Gasteiger partial charge on any atom is 0.328 e. The van der Waals surface area contributed by atoms with E-state index in [-0.39, 0.29) is 0 Å². The predicted molar refractivity (Wildman–Crippen MR) is 63.0 cm³/mol. The molecule has 0 aliphatic rings. The van der Waals surface area contributed by atoms with Gasteiger partial charge in [0.25, 0.3) is 5.91 Å². The molecule has 0 aromatic carbocycles. The van der Waals surface area contributed by atoms with E-state index in [9.17, 15) is 14.4 Å². The maximum absolute atomic E-state index is 11.6. The fourth-order valence-corrected chi connectivity index (χ4v) is 1.05. The van der Waals surface area contributed by atoms with E-state index >= 15 is 0 Å². The van der Waals surface area contributed by atoms with Crippen molar-refractivity contribution in [2.24, 2.45) is 0 Å². The average Bonchev–Trinajstić information content (AvgIpc) is 2.36. The molecule has 0 fully saturated rings. The molecule has 0 aliphatic carbocycles. The van der Waals surface area contributed by atoms with E-state index in [0.29, 0.717) is 11.8 Å². The highest BCUT2D eigenvalue weighted by Gasteiger charge is 2.12. The van der Waals surface area contributed by atoms with Gasteiger partial charge in [-0.2, -0.15) is 0 Å². The quantitative estimate of drug-likeness (QED) is 0.755. The van der Waals surface area contributed by atoms with Gasteiger partial charge in [0.15, 0.2) is 0 Å². The Morgan fingerprint density at radius 2 is 2.11 bits per heavy atom. The second-order valence-electron chi connectivity index (χ2n) is 3.24. The van der Waals surface area contributed by atoms with E-state index in [1.807, 2.05) is 5.32 Å². The summed E-state index contributed by atoms with van der Waals surface area (Å²) < 4.78 is 0. The van der Waals surface area contributed by atoms with Crippen LogP contribution in [0, 0.1) is 0 Å². The smallest absolute Gasteiger partial charge is 0.328 e. The molecule has 7 nitrogen and oxygen atoms in total. The number of nitrogens with one attached hydrogen (secondary N) is 1. The van der Waals surface area contributed by atoms with Gasteiger partial charge in [-0.25, -0.2) is 9.59 Å². The first-order chi connectivity index (χ1) is 8.50. The normalized spacial score (nSPS) is 10.1. The van der Waals surface area contributed by atoms with Crippen molar-refractivity contribution in [2.45, 2.75) is 0 Å². The summed E-state index contributed by atoms with van der Waals surface area (Å²) in [7, 11) is 1.46. The summed E-state index contributed by atoms with van der Waals surface area (Å²) in [6, 6.07) is 2.61. The van der Waals surface area contributed by atoms with Crippen LogP contribution in [-0.4, -0.2) is 35.0 Å². The number of hydrogen-bond donors (Lipinski definition) is 2. The Balaban J connectivity index is 2.61. The van der Waals surface area contributed by atoms with Gasteiger partial charge in [0.05, 0.1) is 11.9 Å². The molecule has 3 amide bonds. The highest BCUT2D eigenvalue weighted by Crippen LogP contribution is 2.08. The zero-order valence-corrected chi connectivity index (χ0v) is 9.53. The standard InChI is InChI=1S/C11H11N3O4/c1-14(8-3-2-6-12-7-8)11(18)13-9(15)4-5-10(16)17/h2-7H,1H3,(H,16,17)(H,13,15,18). The first kappa shape index (κ1) is 13.4. The second-order valence-corrected chi connectivity index (χ2v) is 3.24. The molecule has 1 rings (SSSR count). The molecule has 0 aliphatic heterocycles. The van der Waals surface area contributed by atoms with Crippen molar-refractivity contribution in [1.82, 2.24) is 10.3 Å². The van der Waals surface area contributed by atoms with Crippen LogP contribution in [-0.2, 0) is 9.59 Å². The molecule has 18 heavy (non-hydrogen) atoms. The number of urea groups is 1. The van der Waals surface area contributed by atoms with E-state index in [1.54, 1.807) is 18.3 Å². The van der Waals surface area contributed by atoms with Crippen LogP contribution in [0.15, 0.2) is 36.7 Å². The first-order valence-corrected chi connectivity index (χ1v) is 4.90. The second kappa shape index (κ2) is 6.14. The van der Waals surface area contributed by atoms with Crippen molar-refractivity contribution in [3.05, 3.63) is 36.7 Å². The van der Waals surface area contributed by atoms with Gasteiger partial charge in [-0.1, -0.05) is 0 Å². The van der Waals surface area contributed by atoms with Crippen LogP contribution < -0.4 is 10.2 Å². The molecule has 1 heterocycles. The number of rotatable bonds is 3. The van der Waals surface area contributed by atoms with E-state index in [4.69, 9.17) is 5.11 Å². The lowest BCUT2D eigenvalue weighted by atomic mass is 10.4. The third kappa shape index (κ3) is 4.05. The van der Waals surface area contributed by atoms with Gasteiger partial charge in [0.1, 0.15) is 0 Å². The van der Waals surface area contributed by atoms with E-state index < -0.39 is 17.9 Å². The summed E-state index contributed by atoms with van der Waals surface area (Å²) in [6.45, 7) is 0. The van der Waals surface area contributed by atoms with Crippen LogP contribution in [0.25, 0.3) is 0 Å². The number of anilines is 1. The molecule has 94 valence electrons. The minimum absolute atomic E-state index is 0.505. The third-order valence-electron chi connectivity index (χ3n) is 1.95. The molecule has 0 spiro atoms. The predicted octanol–water partition coefficient (Wildman–Crippen LogP) is 0.395. The molecule has 0 saturated heterocycles. The Labute approximate surface area is 103 Å². The summed E-state index contributed by atoms with van der Waals surface area (Å²) in [5, 5.41) is 10.3. The van der Waals surface area contributed by atoms with E-state index in [0.717, 1.165) is 6.08 Å². The largest absolute Gasteiger partial charge is 0.478 e. The molecular weight excluding hydrogens is 238 g/mol. The Morgan fingerprint density at radius 3 is 2.67 bits per heavy atom. The zero-order chi connectivity index (χ0) is 13.5. The van der Waals surface area contributed by atoms with Crippen molar-refractivity contribution < 1.29 is 19.5 Å². The fourth-order valence-electron chi connectivity index (χ4n) is 1.05. The number of aliphatic carboxylic acids is 1. The summed E-state index contributed by atoms with van der Waals surface area (Å²) in [5.41, 5.74) is 0.505.